The van der Waals surface area contributed by atoms with E-state index in [-0.39, 0.29) is 34.7 Å². The molecule has 3 rings (SSSR count). The molecule has 1 aliphatic rings. The molecule has 1 saturated heterocycles. The van der Waals surface area contributed by atoms with Gasteiger partial charge in [0.1, 0.15) is 5.75 Å². The molecule has 0 aliphatic carbocycles. The maximum absolute atomic E-state index is 12.8. The number of methoxy groups -OCH3 is 2. The minimum absolute atomic E-state index is 0.120. The number of halogens is 1. The van der Waals surface area contributed by atoms with Crippen molar-refractivity contribution in [2.24, 2.45) is 0 Å². The molecule has 2 aromatic rings. The van der Waals surface area contributed by atoms with Gasteiger partial charge in [-0.05, 0) is 48.7 Å². The second kappa shape index (κ2) is 10.9. The zero-order chi connectivity index (χ0) is 23.1. The molecule has 0 aromatic heterocycles. The molecule has 0 unspecified atom stereocenters. The molecule has 174 valence electrons. The van der Waals surface area contributed by atoms with Crippen LogP contribution in [0, 0.1) is 0 Å². The van der Waals surface area contributed by atoms with Crippen LogP contribution >= 0.6 is 11.6 Å². The highest BCUT2D eigenvalue weighted by molar-refractivity contribution is 7.89. The van der Waals surface area contributed by atoms with Crippen LogP contribution in [0.15, 0.2) is 41.3 Å². The largest absolute Gasteiger partial charge is 0.493 e. The van der Waals surface area contributed by atoms with Crippen molar-refractivity contribution in [3.63, 3.8) is 0 Å². The quantitative estimate of drug-likeness (QED) is 0.589. The number of carbonyl (C=O) groups excluding carboxylic acids is 1. The van der Waals surface area contributed by atoms with Gasteiger partial charge in [-0.25, -0.2) is 8.42 Å². The van der Waals surface area contributed by atoms with E-state index >= 15 is 0 Å². The third-order valence-electron chi connectivity index (χ3n) is 5.15. The molecule has 0 bridgehead atoms. The monoisotopic (exact) mass is 482 g/mol. The van der Waals surface area contributed by atoms with Gasteiger partial charge in [0.2, 0.25) is 10.0 Å². The fourth-order valence-electron chi connectivity index (χ4n) is 3.40. The first kappa shape index (κ1) is 24.2. The number of ether oxygens (including phenoxy) is 3. The molecule has 1 heterocycles. The fourth-order valence-corrected chi connectivity index (χ4v) is 5.24. The third kappa shape index (κ3) is 5.85. The predicted octanol–water partition coefficient (Wildman–Crippen LogP) is 3.23. The number of piperidine rings is 1. The van der Waals surface area contributed by atoms with Crippen LogP contribution in [0.1, 0.15) is 24.8 Å². The van der Waals surface area contributed by atoms with Gasteiger partial charge in [-0.3, -0.25) is 4.79 Å². The summed E-state index contributed by atoms with van der Waals surface area (Å²) >= 11 is 6.23. The van der Waals surface area contributed by atoms with E-state index < -0.39 is 10.0 Å². The molecule has 32 heavy (non-hydrogen) atoms. The molecular formula is C22H27ClN2O6S. The lowest BCUT2D eigenvalue weighted by Gasteiger charge is -2.26. The summed E-state index contributed by atoms with van der Waals surface area (Å²) in [5.41, 5.74) is 0.835. The number of rotatable bonds is 9. The average Bonchev–Trinajstić information content (AvgIpc) is 2.82. The number of amides is 1. The highest BCUT2D eigenvalue weighted by atomic mass is 35.5. The molecule has 0 atom stereocenters. The van der Waals surface area contributed by atoms with E-state index in [4.69, 9.17) is 25.8 Å². The number of hydrogen-bond donors (Lipinski definition) is 1. The first-order valence-electron chi connectivity index (χ1n) is 10.2. The van der Waals surface area contributed by atoms with Crippen molar-refractivity contribution in [3.05, 3.63) is 47.0 Å². The number of benzene rings is 2. The maximum atomic E-state index is 12.8. The molecule has 8 nitrogen and oxygen atoms in total. The van der Waals surface area contributed by atoms with E-state index in [2.05, 4.69) is 5.32 Å². The van der Waals surface area contributed by atoms with Crippen LogP contribution in [0.25, 0.3) is 0 Å². The number of nitrogens with zero attached hydrogens (tertiary/aromatic N) is 1. The highest BCUT2D eigenvalue weighted by Crippen LogP contribution is 2.30. The van der Waals surface area contributed by atoms with Gasteiger partial charge in [-0.1, -0.05) is 24.1 Å². The Hall–Kier alpha value is -2.49. The van der Waals surface area contributed by atoms with Crippen LogP contribution < -0.4 is 19.5 Å². The zero-order valence-electron chi connectivity index (χ0n) is 18.1. The van der Waals surface area contributed by atoms with Gasteiger partial charge in [0.25, 0.3) is 5.91 Å². The smallest absolute Gasteiger partial charge is 0.258 e. The van der Waals surface area contributed by atoms with E-state index in [0.717, 1.165) is 24.8 Å². The molecule has 1 fully saturated rings. The molecule has 1 N–H and O–H groups in total. The van der Waals surface area contributed by atoms with Crippen molar-refractivity contribution in [1.29, 1.82) is 0 Å². The Balaban J connectivity index is 1.56. The summed E-state index contributed by atoms with van der Waals surface area (Å²) in [5, 5.41) is 2.89. The Morgan fingerprint density at radius 1 is 1.00 bits per heavy atom. The van der Waals surface area contributed by atoms with Gasteiger partial charge in [0, 0.05) is 19.6 Å². The Morgan fingerprint density at radius 2 is 1.69 bits per heavy atom. The second-order valence-corrected chi connectivity index (χ2v) is 9.66. The molecule has 1 aliphatic heterocycles. The standard InChI is InChI=1S/C22H27ClN2O6S/c1-29-20-8-6-16(12-21(20)30-2)14-24-22(26)15-31-19-9-7-17(13-18(19)23)32(27,28)25-10-4-3-5-11-25/h6-9,12-13H,3-5,10-11,14-15H2,1-2H3,(H,24,26). The third-order valence-corrected chi connectivity index (χ3v) is 7.34. The maximum Gasteiger partial charge on any atom is 0.258 e. The summed E-state index contributed by atoms with van der Waals surface area (Å²) in [7, 11) is -0.492. The molecule has 0 saturated carbocycles. The summed E-state index contributed by atoms with van der Waals surface area (Å²) in [5.74, 6) is 1.07. The minimum Gasteiger partial charge on any atom is -0.493 e. The van der Waals surface area contributed by atoms with Crippen molar-refractivity contribution < 1.29 is 27.4 Å². The van der Waals surface area contributed by atoms with Crippen molar-refractivity contribution >= 4 is 27.5 Å². The Labute approximate surface area is 193 Å². The topological polar surface area (TPSA) is 94.2 Å². The van der Waals surface area contributed by atoms with Crippen LogP contribution in [0.3, 0.4) is 0 Å². The SMILES string of the molecule is COc1ccc(CNC(=O)COc2ccc(S(=O)(=O)N3CCCCC3)cc2Cl)cc1OC. The minimum atomic E-state index is -3.59. The average molecular weight is 483 g/mol. The van der Waals surface area contributed by atoms with Crippen LogP contribution in [0.5, 0.6) is 17.2 Å². The highest BCUT2D eigenvalue weighted by Gasteiger charge is 2.26. The van der Waals surface area contributed by atoms with Crippen molar-refractivity contribution in [2.75, 3.05) is 33.9 Å². The summed E-state index contributed by atoms with van der Waals surface area (Å²) in [6.45, 7) is 1.05. The number of nitrogens with one attached hydrogen (secondary N) is 1. The van der Waals surface area contributed by atoms with Crippen LogP contribution in [-0.4, -0.2) is 52.5 Å². The first-order valence-corrected chi connectivity index (χ1v) is 12.1. The van der Waals surface area contributed by atoms with E-state index in [1.165, 1.54) is 22.5 Å². The van der Waals surface area contributed by atoms with E-state index in [0.29, 0.717) is 24.6 Å². The van der Waals surface area contributed by atoms with Crippen molar-refractivity contribution in [3.8, 4) is 17.2 Å². The van der Waals surface area contributed by atoms with Gasteiger partial charge >= 0.3 is 0 Å². The molecular weight excluding hydrogens is 456 g/mol. The van der Waals surface area contributed by atoms with Gasteiger partial charge < -0.3 is 19.5 Å². The number of hydrogen-bond acceptors (Lipinski definition) is 6. The molecule has 10 heteroatoms. The normalized spacial score (nSPS) is 14.6. The lowest BCUT2D eigenvalue weighted by atomic mass is 10.2. The molecule has 1 amide bonds. The van der Waals surface area contributed by atoms with Gasteiger partial charge in [0.05, 0.1) is 24.1 Å². The second-order valence-electron chi connectivity index (χ2n) is 7.31. The Bertz CT molecular complexity index is 1050. The molecule has 0 radical (unpaired) electrons. The van der Waals surface area contributed by atoms with E-state index in [9.17, 15) is 13.2 Å². The molecule has 2 aromatic carbocycles. The van der Waals surface area contributed by atoms with Gasteiger partial charge in [-0.2, -0.15) is 4.31 Å². The Kier molecular flexibility index (Phi) is 8.22. The number of sulfonamides is 1. The zero-order valence-corrected chi connectivity index (χ0v) is 19.7. The number of carbonyl (C=O) groups is 1. The lowest BCUT2D eigenvalue weighted by Crippen LogP contribution is -2.35. The lowest BCUT2D eigenvalue weighted by molar-refractivity contribution is -0.123. The summed E-state index contributed by atoms with van der Waals surface area (Å²) in [6.07, 6.45) is 2.74. The van der Waals surface area contributed by atoms with Crippen LogP contribution in [0.2, 0.25) is 5.02 Å². The van der Waals surface area contributed by atoms with Crippen LogP contribution in [-0.2, 0) is 21.4 Å². The summed E-state index contributed by atoms with van der Waals surface area (Å²) in [4.78, 5) is 12.3. The summed E-state index contributed by atoms with van der Waals surface area (Å²) in [6, 6.07) is 9.64. The van der Waals surface area contributed by atoms with Crippen molar-refractivity contribution in [2.45, 2.75) is 30.7 Å². The van der Waals surface area contributed by atoms with Crippen molar-refractivity contribution in [1.82, 2.24) is 9.62 Å². The predicted molar refractivity (Wildman–Crippen MR) is 121 cm³/mol. The summed E-state index contributed by atoms with van der Waals surface area (Å²) < 4.78 is 42.9. The van der Waals surface area contributed by atoms with Gasteiger partial charge in [-0.15, -0.1) is 0 Å². The fraction of sp³-hybridized carbons (Fsp3) is 0.409. The van der Waals surface area contributed by atoms with Crippen LogP contribution in [0.4, 0.5) is 0 Å². The van der Waals surface area contributed by atoms with Gasteiger partial charge in [0.15, 0.2) is 18.1 Å². The Morgan fingerprint density at radius 3 is 2.34 bits per heavy atom. The molecule has 0 spiro atoms. The first-order chi connectivity index (χ1) is 15.3. The van der Waals surface area contributed by atoms with E-state index in [1.54, 1.807) is 26.4 Å². The van der Waals surface area contributed by atoms with E-state index in [1.807, 2.05) is 6.07 Å².